The van der Waals surface area contributed by atoms with Gasteiger partial charge in [0, 0.05) is 11.6 Å². The van der Waals surface area contributed by atoms with E-state index in [1.807, 2.05) is 36.4 Å². The lowest BCUT2D eigenvalue weighted by Gasteiger charge is -2.08. The summed E-state index contributed by atoms with van der Waals surface area (Å²) in [5.74, 6) is 2.20. The molecule has 0 radical (unpaired) electrons. The van der Waals surface area contributed by atoms with Crippen molar-refractivity contribution in [3.63, 3.8) is 0 Å². The molecule has 0 atom stereocenters. The van der Waals surface area contributed by atoms with Crippen LogP contribution in [-0.4, -0.2) is 18.9 Å². The van der Waals surface area contributed by atoms with Gasteiger partial charge in [-0.25, -0.2) is 0 Å². The van der Waals surface area contributed by atoms with Crippen molar-refractivity contribution in [2.75, 3.05) is 18.4 Å². The van der Waals surface area contributed by atoms with Gasteiger partial charge in [-0.05, 0) is 30.3 Å². The largest absolute Gasteiger partial charge is 0.454 e. The molecule has 1 aliphatic rings. The van der Waals surface area contributed by atoms with E-state index in [-0.39, 0.29) is 0 Å². The Labute approximate surface area is 122 Å². The number of para-hydroxylation sites is 2. The Kier molecular flexibility index (Phi) is 3.58. The first-order chi connectivity index (χ1) is 9.78. The van der Waals surface area contributed by atoms with Crippen LogP contribution in [0.2, 0.25) is 5.02 Å². The van der Waals surface area contributed by atoms with Crippen LogP contribution in [0.15, 0.2) is 47.5 Å². The van der Waals surface area contributed by atoms with Crippen LogP contribution in [0.4, 0.5) is 5.69 Å². The monoisotopic (exact) mass is 287 g/mol. The van der Waals surface area contributed by atoms with Crippen molar-refractivity contribution < 1.29 is 4.74 Å². The number of hydrogen-bond donors (Lipinski definition) is 2. The number of halogens is 1. The summed E-state index contributed by atoms with van der Waals surface area (Å²) in [5.41, 5.74) is 7.24. The summed E-state index contributed by atoms with van der Waals surface area (Å²) in [6, 6.07) is 13.2. The third kappa shape index (κ3) is 2.48. The average Bonchev–Trinajstić information content (AvgIpc) is 2.61. The van der Waals surface area contributed by atoms with Crippen molar-refractivity contribution in [3.8, 4) is 11.5 Å². The van der Waals surface area contributed by atoms with Gasteiger partial charge in [-0.1, -0.05) is 23.7 Å². The normalized spacial score (nSPS) is 14.8. The fourth-order valence-electron chi connectivity index (χ4n) is 2.05. The number of ether oxygens (including phenoxy) is 1. The third-order valence-electron chi connectivity index (χ3n) is 2.96. The van der Waals surface area contributed by atoms with Gasteiger partial charge in [0.25, 0.3) is 0 Å². The van der Waals surface area contributed by atoms with Crippen LogP contribution in [0.1, 0.15) is 5.56 Å². The molecule has 2 aromatic carbocycles. The molecule has 5 heteroatoms. The molecule has 0 spiro atoms. The Hall–Kier alpha value is -2.04. The molecule has 0 saturated heterocycles. The predicted octanol–water partition coefficient (Wildman–Crippen LogP) is 3.26. The number of fused-ring (bicyclic) bond motifs is 2. The van der Waals surface area contributed by atoms with Crippen LogP contribution in [0, 0.1) is 0 Å². The number of nitrogens with two attached hydrogens (primary N) is 1. The van der Waals surface area contributed by atoms with Gasteiger partial charge in [0.1, 0.15) is 11.6 Å². The number of nitrogens with zero attached hydrogens (tertiary/aromatic N) is 1. The Bertz CT molecular complexity index is 670. The van der Waals surface area contributed by atoms with Gasteiger partial charge in [-0.3, -0.25) is 4.99 Å². The van der Waals surface area contributed by atoms with Crippen LogP contribution in [0.5, 0.6) is 11.5 Å². The number of aliphatic imine (C=N–C) groups is 1. The predicted molar refractivity (Wildman–Crippen MR) is 82.0 cm³/mol. The first-order valence-electron chi connectivity index (χ1n) is 6.36. The lowest BCUT2D eigenvalue weighted by Crippen LogP contribution is -2.15. The SMILES string of the molecule is NCCN=C1Nc2ccccc2Oc2ccc(Cl)cc21. The standard InChI is InChI=1S/C15H14ClN3O/c16-10-5-6-13-11(9-10)15(18-8-7-17)19-12-3-1-2-4-14(12)20-13/h1-6,9H,7-8,17H2,(H,18,19). The Morgan fingerprint density at radius 2 is 2.00 bits per heavy atom. The molecular formula is C15H14ClN3O. The van der Waals surface area contributed by atoms with Gasteiger partial charge >= 0.3 is 0 Å². The molecule has 1 aliphatic heterocycles. The van der Waals surface area contributed by atoms with Crippen LogP contribution >= 0.6 is 11.6 Å². The van der Waals surface area contributed by atoms with E-state index in [0.29, 0.717) is 18.1 Å². The van der Waals surface area contributed by atoms with E-state index in [4.69, 9.17) is 22.1 Å². The maximum Gasteiger partial charge on any atom is 0.150 e. The zero-order valence-electron chi connectivity index (χ0n) is 10.8. The lowest BCUT2D eigenvalue weighted by molar-refractivity contribution is 0.486. The molecule has 3 N–H and O–H groups in total. The zero-order chi connectivity index (χ0) is 13.9. The second kappa shape index (κ2) is 5.53. The molecule has 0 saturated carbocycles. The van der Waals surface area contributed by atoms with Gasteiger partial charge in [0.15, 0.2) is 5.75 Å². The van der Waals surface area contributed by atoms with E-state index in [1.54, 1.807) is 6.07 Å². The molecule has 0 aromatic heterocycles. The summed E-state index contributed by atoms with van der Waals surface area (Å²) < 4.78 is 5.93. The summed E-state index contributed by atoms with van der Waals surface area (Å²) in [5, 5.41) is 3.93. The van der Waals surface area contributed by atoms with E-state index in [0.717, 1.165) is 28.6 Å². The molecular weight excluding hydrogens is 274 g/mol. The Morgan fingerprint density at radius 1 is 1.15 bits per heavy atom. The van der Waals surface area contributed by atoms with E-state index < -0.39 is 0 Å². The topological polar surface area (TPSA) is 59.6 Å². The van der Waals surface area contributed by atoms with Crippen LogP contribution in [0.3, 0.4) is 0 Å². The highest BCUT2D eigenvalue weighted by atomic mass is 35.5. The van der Waals surface area contributed by atoms with Gasteiger partial charge in [0.05, 0.1) is 17.8 Å². The molecule has 0 unspecified atom stereocenters. The first-order valence-corrected chi connectivity index (χ1v) is 6.74. The molecule has 3 rings (SSSR count). The number of anilines is 1. The summed E-state index contributed by atoms with van der Waals surface area (Å²) in [6.07, 6.45) is 0. The molecule has 4 nitrogen and oxygen atoms in total. The third-order valence-corrected chi connectivity index (χ3v) is 3.19. The van der Waals surface area contributed by atoms with Crippen molar-refractivity contribution in [1.29, 1.82) is 0 Å². The van der Waals surface area contributed by atoms with Crippen molar-refractivity contribution in [2.45, 2.75) is 0 Å². The highest BCUT2D eigenvalue weighted by Gasteiger charge is 2.19. The lowest BCUT2D eigenvalue weighted by atomic mass is 10.2. The maximum atomic E-state index is 6.08. The zero-order valence-corrected chi connectivity index (χ0v) is 11.5. The average molecular weight is 288 g/mol. The number of amidine groups is 1. The van der Waals surface area contributed by atoms with Crippen LogP contribution in [-0.2, 0) is 0 Å². The van der Waals surface area contributed by atoms with Crippen molar-refractivity contribution in [3.05, 3.63) is 53.1 Å². The second-order valence-electron chi connectivity index (χ2n) is 4.38. The fourth-order valence-corrected chi connectivity index (χ4v) is 2.22. The molecule has 0 amide bonds. The molecule has 102 valence electrons. The minimum absolute atomic E-state index is 0.490. The van der Waals surface area contributed by atoms with Crippen molar-refractivity contribution in [1.82, 2.24) is 0 Å². The molecule has 1 heterocycles. The Balaban J connectivity index is 2.14. The number of benzene rings is 2. The number of nitrogens with one attached hydrogen (secondary N) is 1. The summed E-state index contributed by atoms with van der Waals surface area (Å²) in [7, 11) is 0. The van der Waals surface area contributed by atoms with Gasteiger partial charge in [0.2, 0.25) is 0 Å². The number of rotatable bonds is 2. The molecule has 20 heavy (non-hydrogen) atoms. The van der Waals surface area contributed by atoms with Crippen LogP contribution in [0.25, 0.3) is 0 Å². The first kappa shape index (κ1) is 13.0. The second-order valence-corrected chi connectivity index (χ2v) is 4.82. The van der Waals surface area contributed by atoms with Crippen LogP contribution < -0.4 is 15.8 Å². The van der Waals surface area contributed by atoms with E-state index in [2.05, 4.69) is 10.3 Å². The minimum atomic E-state index is 0.490. The quantitative estimate of drug-likeness (QED) is 0.891. The highest BCUT2D eigenvalue weighted by molar-refractivity contribution is 6.31. The van der Waals surface area contributed by atoms with E-state index in [1.165, 1.54) is 0 Å². The summed E-state index contributed by atoms with van der Waals surface area (Å²) in [6.45, 7) is 1.03. The van der Waals surface area contributed by atoms with Gasteiger partial charge in [-0.2, -0.15) is 0 Å². The molecule has 0 aliphatic carbocycles. The van der Waals surface area contributed by atoms with Gasteiger partial charge < -0.3 is 15.8 Å². The maximum absolute atomic E-state index is 6.08. The molecule has 0 bridgehead atoms. The summed E-state index contributed by atoms with van der Waals surface area (Å²) in [4.78, 5) is 4.48. The molecule has 0 fully saturated rings. The van der Waals surface area contributed by atoms with E-state index >= 15 is 0 Å². The number of hydrogen-bond acceptors (Lipinski definition) is 3. The fraction of sp³-hybridized carbons (Fsp3) is 0.133. The van der Waals surface area contributed by atoms with E-state index in [9.17, 15) is 0 Å². The van der Waals surface area contributed by atoms with Crippen molar-refractivity contribution >= 4 is 23.1 Å². The Morgan fingerprint density at radius 3 is 2.85 bits per heavy atom. The summed E-state index contributed by atoms with van der Waals surface area (Å²) >= 11 is 6.08. The minimum Gasteiger partial charge on any atom is -0.454 e. The molecule has 2 aromatic rings. The van der Waals surface area contributed by atoms with Crippen molar-refractivity contribution in [2.24, 2.45) is 10.7 Å². The van der Waals surface area contributed by atoms with Gasteiger partial charge in [-0.15, -0.1) is 0 Å². The smallest absolute Gasteiger partial charge is 0.150 e. The highest BCUT2D eigenvalue weighted by Crippen LogP contribution is 2.36.